The summed E-state index contributed by atoms with van der Waals surface area (Å²) in [5.74, 6) is 0.359. The number of morpholine rings is 1. The number of hydrogen-bond acceptors (Lipinski definition) is 7. The maximum atomic E-state index is 12.9. The number of nitrogens with zero attached hydrogens (tertiary/aromatic N) is 3. The molecular formula is C24H22N4O3S. The minimum Gasteiger partial charge on any atom is -0.479 e. The Morgan fingerprint density at radius 1 is 1.06 bits per heavy atom. The van der Waals surface area contributed by atoms with Gasteiger partial charge in [-0.2, -0.15) is 0 Å². The Balaban J connectivity index is 1.60. The number of rotatable bonds is 5. The number of carbonyl (C=O) groups excluding carboxylic acids is 1. The van der Waals surface area contributed by atoms with Gasteiger partial charge in [0.2, 0.25) is 5.88 Å². The number of fused-ring (bicyclic) bond motifs is 1. The van der Waals surface area contributed by atoms with E-state index in [0.717, 1.165) is 46.5 Å². The summed E-state index contributed by atoms with van der Waals surface area (Å²) in [5, 5.41) is 15.5. The van der Waals surface area contributed by atoms with Crippen molar-refractivity contribution in [3.05, 3.63) is 64.9 Å². The number of thiophene rings is 1. The molecule has 0 saturated carbocycles. The first-order valence-electron chi connectivity index (χ1n) is 10.4. The molecule has 1 saturated heterocycles. The van der Waals surface area contributed by atoms with Crippen LogP contribution in [0, 0.1) is 0 Å². The molecule has 1 fully saturated rings. The van der Waals surface area contributed by atoms with Gasteiger partial charge in [-0.15, -0.1) is 21.5 Å². The largest absolute Gasteiger partial charge is 0.479 e. The number of benzene rings is 2. The van der Waals surface area contributed by atoms with Gasteiger partial charge in [0.25, 0.3) is 5.91 Å². The Labute approximate surface area is 189 Å². The summed E-state index contributed by atoms with van der Waals surface area (Å²) in [7, 11) is 1.59. The molecule has 5 rings (SSSR count). The number of nitrogens with one attached hydrogen (secondary N) is 1. The van der Waals surface area contributed by atoms with Gasteiger partial charge in [-0.25, -0.2) is 0 Å². The second-order valence-corrected chi connectivity index (χ2v) is 8.31. The highest BCUT2D eigenvalue weighted by atomic mass is 32.1. The quantitative estimate of drug-likeness (QED) is 0.488. The lowest BCUT2D eigenvalue weighted by molar-refractivity contribution is 0.103. The van der Waals surface area contributed by atoms with Crippen LogP contribution in [0.2, 0.25) is 0 Å². The Kier molecular flexibility index (Phi) is 5.70. The number of ether oxygens (including phenoxy) is 2. The summed E-state index contributed by atoms with van der Waals surface area (Å²) in [6.07, 6.45) is 0. The molecule has 0 radical (unpaired) electrons. The molecule has 1 aliphatic heterocycles. The van der Waals surface area contributed by atoms with E-state index in [0.29, 0.717) is 24.0 Å². The van der Waals surface area contributed by atoms with Gasteiger partial charge >= 0.3 is 0 Å². The molecule has 0 bridgehead atoms. The van der Waals surface area contributed by atoms with Crippen LogP contribution in [-0.2, 0) is 4.74 Å². The SMILES string of the molecule is COc1nnc(-c2ccc(N3CCOCC3)c(NC(=O)c3cccs3)c2)c2ccccc12. The molecular weight excluding hydrogens is 424 g/mol. The summed E-state index contributed by atoms with van der Waals surface area (Å²) in [6.45, 7) is 2.86. The first kappa shape index (κ1) is 20.4. The van der Waals surface area contributed by atoms with Gasteiger partial charge in [0.05, 0.1) is 36.6 Å². The molecule has 2 aromatic heterocycles. The second-order valence-electron chi connectivity index (χ2n) is 7.37. The van der Waals surface area contributed by atoms with Crippen LogP contribution in [-0.4, -0.2) is 49.5 Å². The van der Waals surface area contributed by atoms with Crippen molar-refractivity contribution >= 4 is 39.4 Å². The van der Waals surface area contributed by atoms with Gasteiger partial charge in [-0.1, -0.05) is 30.3 Å². The molecule has 0 atom stereocenters. The van der Waals surface area contributed by atoms with Crippen LogP contribution < -0.4 is 15.0 Å². The van der Waals surface area contributed by atoms with E-state index < -0.39 is 0 Å². The van der Waals surface area contributed by atoms with E-state index in [1.54, 1.807) is 7.11 Å². The summed E-state index contributed by atoms with van der Waals surface area (Å²) in [5.41, 5.74) is 3.31. The molecule has 32 heavy (non-hydrogen) atoms. The predicted octanol–water partition coefficient (Wildman–Crippen LogP) is 4.46. The molecule has 7 nitrogen and oxygen atoms in total. The average molecular weight is 447 g/mol. The molecule has 4 aromatic rings. The van der Waals surface area contributed by atoms with Crippen LogP contribution in [0.3, 0.4) is 0 Å². The number of amides is 1. The fourth-order valence-electron chi connectivity index (χ4n) is 3.90. The zero-order valence-electron chi connectivity index (χ0n) is 17.6. The number of carbonyl (C=O) groups is 1. The van der Waals surface area contributed by atoms with Crippen molar-refractivity contribution in [1.29, 1.82) is 0 Å². The maximum Gasteiger partial charge on any atom is 0.265 e. The van der Waals surface area contributed by atoms with Crippen molar-refractivity contribution in [2.75, 3.05) is 43.6 Å². The van der Waals surface area contributed by atoms with E-state index in [-0.39, 0.29) is 5.91 Å². The van der Waals surface area contributed by atoms with E-state index in [2.05, 4.69) is 20.4 Å². The smallest absolute Gasteiger partial charge is 0.265 e. The van der Waals surface area contributed by atoms with Gasteiger partial charge in [0.15, 0.2) is 0 Å². The van der Waals surface area contributed by atoms with Crippen molar-refractivity contribution in [2.45, 2.75) is 0 Å². The monoisotopic (exact) mass is 446 g/mol. The molecule has 0 unspecified atom stereocenters. The van der Waals surface area contributed by atoms with Gasteiger partial charge < -0.3 is 19.7 Å². The molecule has 8 heteroatoms. The highest BCUT2D eigenvalue weighted by Gasteiger charge is 2.19. The first-order chi connectivity index (χ1) is 15.7. The van der Waals surface area contributed by atoms with E-state index in [9.17, 15) is 4.79 Å². The summed E-state index contributed by atoms with van der Waals surface area (Å²) >= 11 is 1.42. The molecule has 0 aliphatic carbocycles. The first-order valence-corrected chi connectivity index (χ1v) is 11.2. The van der Waals surface area contributed by atoms with Crippen molar-refractivity contribution in [3.63, 3.8) is 0 Å². The third-order valence-corrected chi connectivity index (χ3v) is 6.33. The van der Waals surface area contributed by atoms with Crippen LogP contribution >= 0.6 is 11.3 Å². The molecule has 3 heterocycles. The predicted molar refractivity (Wildman–Crippen MR) is 127 cm³/mol. The fourth-order valence-corrected chi connectivity index (χ4v) is 4.52. The summed E-state index contributed by atoms with van der Waals surface area (Å²) in [4.78, 5) is 15.8. The van der Waals surface area contributed by atoms with E-state index in [1.165, 1.54) is 11.3 Å². The summed E-state index contributed by atoms with van der Waals surface area (Å²) in [6, 6.07) is 17.6. The van der Waals surface area contributed by atoms with E-state index >= 15 is 0 Å². The minimum absolute atomic E-state index is 0.127. The lowest BCUT2D eigenvalue weighted by Crippen LogP contribution is -2.36. The highest BCUT2D eigenvalue weighted by Crippen LogP contribution is 2.36. The van der Waals surface area contributed by atoms with E-state index in [1.807, 2.05) is 60.0 Å². The van der Waals surface area contributed by atoms with Crippen molar-refractivity contribution in [3.8, 4) is 17.1 Å². The minimum atomic E-state index is -0.127. The summed E-state index contributed by atoms with van der Waals surface area (Å²) < 4.78 is 10.9. The van der Waals surface area contributed by atoms with Crippen LogP contribution in [0.15, 0.2) is 60.0 Å². The van der Waals surface area contributed by atoms with Crippen LogP contribution in [0.1, 0.15) is 9.67 Å². The van der Waals surface area contributed by atoms with Crippen molar-refractivity contribution in [2.24, 2.45) is 0 Å². The highest BCUT2D eigenvalue weighted by molar-refractivity contribution is 7.12. The van der Waals surface area contributed by atoms with Gasteiger partial charge in [0, 0.05) is 29.4 Å². The number of aromatic nitrogens is 2. The average Bonchev–Trinajstić information content (AvgIpc) is 3.39. The topological polar surface area (TPSA) is 76.6 Å². The molecule has 2 aromatic carbocycles. The van der Waals surface area contributed by atoms with E-state index in [4.69, 9.17) is 9.47 Å². The Hall–Kier alpha value is -3.49. The number of hydrogen-bond donors (Lipinski definition) is 1. The third-order valence-electron chi connectivity index (χ3n) is 5.46. The maximum absolute atomic E-state index is 12.9. The molecule has 1 N–H and O–H groups in total. The lowest BCUT2D eigenvalue weighted by Gasteiger charge is -2.30. The second kappa shape index (κ2) is 8.94. The van der Waals surface area contributed by atoms with Crippen molar-refractivity contribution in [1.82, 2.24) is 10.2 Å². The zero-order chi connectivity index (χ0) is 21.9. The van der Waals surface area contributed by atoms with Crippen LogP contribution in [0.25, 0.3) is 22.0 Å². The van der Waals surface area contributed by atoms with Crippen LogP contribution in [0.4, 0.5) is 11.4 Å². The van der Waals surface area contributed by atoms with Gasteiger partial charge in [-0.05, 0) is 29.6 Å². The molecule has 1 aliphatic rings. The number of methoxy groups -OCH3 is 1. The standard InChI is InChI=1S/C24H22N4O3S/c1-30-24-18-6-3-2-5-17(18)22(26-27-24)16-8-9-20(28-10-12-31-13-11-28)19(15-16)25-23(29)21-7-4-14-32-21/h2-9,14-15H,10-13H2,1H3,(H,25,29). The third kappa shape index (κ3) is 3.90. The molecule has 162 valence electrons. The molecule has 0 spiro atoms. The van der Waals surface area contributed by atoms with Crippen molar-refractivity contribution < 1.29 is 14.3 Å². The zero-order valence-corrected chi connectivity index (χ0v) is 18.4. The Morgan fingerprint density at radius 3 is 2.62 bits per heavy atom. The lowest BCUT2D eigenvalue weighted by atomic mass is 10.0. The molecule has 1 amide bonds. The fraction of sp³-hybridized carbons (Fsp3) is 0.208. The van der Waals surface area contributed by atoms with Gasteiger partial charge in [0.1, 0.15) is 5.69 Å². The Bertz CT molecular complexity index is 1250. The Morgan fingerprint density at radius 2 is 1.88 bits per heavy atom. The number of anilines is 2. The van der Waals surface area contributed by atoms with Crippen LogP contribution in [0.5, 0.6) is 5.88 Å². The normalized spacial score (nSPS) is 13.8. The van der Waals surface area contributed by atoms with Gasteiger partial charge in [-0.3, -0.25) is 4.79 Å².